The van der Waals surface area contributed by atoms with Crippen LogP contribution in [0.5, 0.6) is 11.5 Å². The van der Waals surface area contributed by atoms with Crippen LogP contribution in [0.2, 0.25) is 0 Å². The molecule has 1 saturated heterocycles. The number of phenols is 1. The minimum Gasteiger partial charge on any atom is -0.504 e. The summed E-state index contributed by atoms with van der Waals surface area (Å²) >= 11 is 0. The molecule has 2 aliphatic heterocycles. The molecule has 184 valence electrons. The van der Waals surface area contributed by atoms with E-state index in [1.165, 1.54) is 18.9 Å². The van der Waals surface area contributed by atoms with Gasteiger partial charge in [-0.25, -0.2) is 0 Å². The van der Waals surface area contributed by atoms with Crippen molar-refractivity contribution >= 4 is 12.0 Å². The Morgan fingerprint density at radius 1 is 1.26 bits per heavy atom. The second-order valence-electron chi connectivity index (χ2n) is 11.4. The maximum Gasteiger partial charge on any atom is 0.244 e. The van der Waals surface area contributed by atoms with Crippen LogP contribution in [0, 0.1) is 5.92 Å². The number of aromatic hydroxyl groups is 1. The number of amides is 1. The molecular weight excluding hydrogens is 444 g/mol. The zero-order valence-corrected chi connectivity index (χ0v) is 20.0. The normalized spacial score (nSPS) is 37.2. The highest BCUT2D eigenvalue weighted by Gasteiger charge is 2.77. The standard InChI is InChI=1S/C28H32N2O5/c1-26-21(29-23(32)7-4-18-9-13-34-16-18)8-10-28(33)22-14-19-5-6-20(31)25(35-26)24(19)27(26,28)11-12-30(22)15-17-2-3-17/h4-7,9,13,16-17,21-22,31,33H,2-3,8,10-12,14-15H2,1H3,(H,29,32)/b7-4+/t21-,22+,26+,27-,28+/m0/s1. The number of benzene rings is 1. The maximum atomic E-state index is 13.0. The van der Waals surface area contributed by atoms with Gasteiger partial charge in [0.15, 0.2) is 11.5 Å². The fourth-order valence-corrected chi connectivity index (χ4v) is 7.91. The molecular formula is C28H32N2O5. The van der Waals surface area contributed by atoms with Crippen molar-refractivity contribution in [1.82, 2.24) is 10.2 Å². The summed E-state index contributed by atoms with van der Waals surface area (Å²) in [6.07, 6.45) is 11.7. The van der Waals surface area contributed by atoms with Crippen LogP contribution in [0.1, 0.15) is 55.7 Å². The highest BCUT2D eigenvalue weighted by atomic mass is 16.5. The lowest BCUT2D eigenvalue weighted by Gasteiger charge is -2.67. The Bertz CT molecular complexity index is 1220. The van der Waals surface area contributed by atoms with Crippen molar-refractivity contribution < 1.29 is 24.2 Å². The SMILES string of the molecule is C[C@]12Oc3c(O)ccc4c3[C@@]13CCN(CC1CC1)[C@H](C4)[C@]3(O)CC[C@@H]2NC(=O)/C=C/c1ccoc1. The molecule has 3 N–H and O–H groups in total. The van der Waals surface area contributed by atoms with Gasteiger partial charge in [-0.05, 0) is 81.7 Å². The number of hydrogen-bond donors (Lipinski definition) is 3. The molecule has 1 aromatic carbocycles. The number of ether oxygens (including phenoxy) is 1. The van der Waals surface area contributed by atoms with Crippen LogP contribution >= 0.6 is 0 Å². The topological polar surface area (TPSA) is 95.2 Å². The lowest BCUT2D eigenvalue weighted by Crippen LogP contribution is -2.82. The summed E-state index contributed by atoms with van der Waals surface area (Å²) in [5.41, 5.74) is 0.409. The maximum absolute atomic E-state index is 13.0. The molecule has 2 bridgehead atoms. The third-order valence-electron chi connectivity index (χ3n) is 9.69. The van der Waals surface area contributed by atoms with Gasteiger partial charge in [-0.2, -0.15) is 0 Å². The average Bonchev–Trinajstić information content (AvgIpc) is 3.38. The van der Waals surface area contributed by atoms with Crippen LogP contribution in [0.3, 0.4) is 0 Å². The number of carbonyl (C=O) groups excluding carboxylic acids is 1. The van der Waals surface area contributed by atoms with Crippen LogP contribution in [0.15, 0.2) is 41.2 Å². The second kappa shape index (κ2) is 7.14. The minimum absolute atomic E-state index is 0.0143. The van der Waals surface area contributed by atoms with Gasteiger partial charge in [-0.3, -0.25) is 9.69 Å². The van der Waals surface area contributed by atoms with Crippen LogP contribution in [-0.2, 0) is 16.6 Å². The molecule has 2 saturated carbocycles. The van der Waals surface area contributed by atoms with Crippen LogP contribution in [-0.4, -0.2) is 57.4 Å². The summed E-state index contributed by atoms with van der Waals surface area (Å²) in [6, 6.07) is 5.23. The number of nitrogens with one attached hydrogen (secondary N) is 1. The first-order chi connectivity index (χ1) is 16.9. The largest absolute Gasteiger partial charge is 0.504 e. The molecule has 0 radical (unpaired) electrons. The van der Waals surface area contributed by atoms with Crippen LogP contribution in [0.4, 0.5) is 0 Å². The van der Waals surface area contributed by atoms with Gasteiger partial charge >= 0.3 is 0 Å². The molecule has 3 heterocycles. The van der Waals surface area contributed by atoms with Gasteiger partial charge < -0.3 is 24.7 Å². The Balaban J connectivity index is 1.29. The molecule has 1 amide bonds. The van der Waals surface area contributed by atoms with Crippen LogP contribution < -0.4 is 10.1 Å². The molecule has 3 fully saturated rings. The van der Waals surface area contributed by atoms with E-state index in [-0.39, 0.29) is 23.7 Å². The van der Waals surface area contributed by atoms with E-state index >= 15 is 0 Å². The van der Waals surface area contributed by atoms with E-state index < -0.39 is 16.6 Å². The summed E-state index contributed by atoms with van der Waals surface area (Å²) < 4.78 is 11.8. The number of phenolic OH excluding ortho intramolecular Hbond substituents is 1. The fraction of sp³-hybridized carbons (Fsp3) is 0.536. The number of rotatable bonds is 5. The van der Waals surface area contributed by atoms with Gasteiger partial charge in [0.05, 0.1) is 29.6 Å². The molecule has 7 nitrogen and oxygen atoms in total. The highest BCUT2D eigenvalue weighted by molar-refractivity contribution is 5.92. The van der Waals surface area contributed by atoms with E-state index in [9.17, 15) is 15.0 Å². The number of nitrogens with zero attached hydrogens (tertiary/aromatic N) is 1. The summed E-state index contributed by atoms with van der Waals surface area (Å²) in [6.45, 7) is 3.96. The molecule has 2 aromatic rings. The van der Waals surface area contributed by atoms with Crippen molar-refractivity contribution in [3.8, 4) is 11.5 Å². The van der Waals surface area contributed by atoms with E-state index in [0.29, 0.717) is 18.6 Å². The second-order valence-corrected chi connectivity index (χ2v) is 11.4. The van der Waals surface area contributed by atoms with E-state index in [1.807, 2.05) is 13.0 Å². The van der Waals surface area contributed by atoms with Gasteiger partial charge in [0.2, 0.25) is 5.91 Å². The first-order valence-electron chi connectivity index (χ1n) is 12.9. The van der Waals surface area contributed by atoms with Crippen LogP contribution in [0.25, 0.3) is 6.08 Å². The molecule has 5 aliphatic rings. The van der Waals surface area contributed by atoms with Crippen molar-refractivity contribution in [2.75, 3.05) is 13.1 Å². The lowest BCUT2D eigenvalue weighted by molar-refractivity contribution is -0.220. The smallest absolute Gasteiger partial charge is 0.244 e. The molecule has 35 heavy (non-hydrogen) atoms. The third kappa shape index (κ3) is 2.77. The highest BCUT2D eigenvalue weighted by Crippen LogP contribution is 2.69. The molecule has 7 rings (SSSR count). The third-order valence-corrected chi connectivity index (χ3v) is 9.69. The first kappa shape index (κ1) is 21.5. The zero-order valence-electron chi connectivity index (χ0n) is 20.0. The number of piperidine rings is 1. The number of aliphatic hydroxyl groups is 1. The van der Waals surface area contributed by atoms with Crippen molar-refractivity contribution in [3.63, 3.8) is 0 Å². The van der Waals surface area contributed by atoms with E-state index in [1.54, 1.807) is 30.7 Å². The monoisotopic (exact) mass is 476 g/mol. The molecule has 3 aliphatic carbocycles. The Labute approximate surface area is 204 Å². The van der Waals surface area contributed by atoms with E-state index in [0.717, 1.165) is 48.5 Å². The number of hydrogen-bond acceptors (Lipinski definition) is 6. The Morgan fingerprint density at radius 3 is 2.89 bits per heavy atom. The predicted molar refractivity (Wildman–Crippen MR) is 129 cm³/mol. The van der Waals surface area contributed by atoms with Crippen molar-refractivity contribution in [2.24, 2.45) is 5.92 Å². The van der Waals surface area contributed by atoms with Crippen molar-refractivity contribution in [1.29, 1.82) is 0 Å². The van der Waals surface area contributed by atoms with E-state index in [2.05, 4.69) is 10.2 Å². The Morgan fingerprint density at radius 2 is 2.11 bits per heavy atom. The summed E-state index contributed by atoms with van der Waals surface area (Å²) in [4.78, 5) is 15.5. The molecule has 7 heteroatoms. The molecule has 0 unspecified atom stereocenters. The van der Waals surface area contributed by atoms with Crippen molar-refractivity contribution in [2.45, 2.75) is 74.1 Å². The molecule has 1 spiro atoms. The number of furan rings is 1. The van der Waals surface area contributed by atoms with Gasteiger partial charge in [0.25, 0.3) is 0 Å². The number of carbonyl (C=O) groups is 1. The molecule has 1 aromatic heterocycles. The Kier molecular flexibility index (Phi) is 4.39. The van der Waals surface area contributed by atoms with Gasteiger partial charge in [0.1, 0.15) is 5.60 Å². The minimum atomic E-state index is -0.977. The zero-order chi connectivity index (χ0) is 24.0. The van der Waals surface area contributed by atoms with Gasteiger partial charge in [-0.15, -0.1) is 0 Å². The summed E-state index contributed by atoms with van der Waals surface area (Å²) in [7, 11) is 0. The van der Waals surface area contributed by atoms with Crippen molar-refractivity contribution in [3.05, 3.63) is 53.5 Å². The predicted octanol–water partition coefficient (Wildman–Crippen LogP) is 3.14. The Hall–Kier alpha value is -2.77. The quantitative estimate of drug-likeness (QED) is 0.574. The average molecular weight is 477 g/mol. The lowest BCUT2D eigenvalue weighted by atomic mass is 9.44. The fourth-order valence-electron chi connectivity index (χ4n) is 7.91. The van der Waals surface area contributed by atoms with Gasteiger partial charge in [0, 0.05) is 29.8 Å². The molecule has 5 atom stereocenters. The number of likely N-dealkylation sites (tertiary alicyclic amines) is 1. The van der Waals surface area contributed by atoms with Gasteiger partial charge in [-0.1, -0.05) is 6.07 Å². The summed E-state index contributed by atoms with van der Waals surface area (Å²) in [5.74, 6) is 1.14. The first-order valence-corrected chi connectivity index (χ1v) is 12.9. The van der Waals surface area contributed by atoms with E-state index in [4.69, 9.17) is 9.15 Å². The summed E-state index contributed by atoms with van der Waals surface area (Å²) in [5, 5.41) is 26.6.